The van der Waals surface area contributed by atoms with E-state index >= 15 is 0 Å². The van der Waals surface area contributed by atoms with Crippen molar-refractivity contribution in [2.24, 2.45) is 5.73 Å². The van der Waals surface area contributed by atoms with Gasteiger partial charge in [0, 0.05) is 0 Å². The van der Waals surface area contributed by atoms with E-state index in [9.17, 15) is 9.59 Å². The van der Waals surface area contributed by atoms with E-state index in [1.807, 2.05) is 24.3 Å². The third kappa shape index (κ3) is 4.06. The number of aromatic nitrogens is 2. The Kier molecular flexibility index (Phi) is 5.65. The fourth-order valence-corrected chi connectivity index (χ4v) is 5.66. The average molecular weight is 429 g/mol. The van der Waals surface area contributed by atoms with Crippen LogP contribution in [0.5, 0.6) is 0 Å². The van der Waals surface area contributed by atoms with Crippen LogP contribution in [0.15, 0.2) is 57.2 Å². The first-order valence-corrected chi connectivity index (χ1v) is 11.3. The monoisotopic (exact) mass is 428 g/mol. The van der Waals surface area contributed by atoms with Gasteiger partial charge in [-0.3, -0.25) is 9.59 Å². The van der Waals surface area contributed by atoms with Crippen molar-refractivity contribution >= 4 is 46.7 Å². The molecule has 1 aliphatic carbocycles. The number of carbonyl (C=O) groups excluding carboxylic acids is 2. The second-order valence-corrected chi connectivity index (χ2v) is 9.48. The maximum Gasteiger partial charge on any atom is 0.231 e. The molecule has 0 saturated carbocycles. The van der Waals surface area contributed by atoms with E-state index in [0.717, 1.165) is 22.3 Å². The molecule has 0 bridgehead atoms. The highest BCUT2D eigenvalue weighted by Gasteiger charge is 2.29. The van der Waals surface area contributed by atoms with Crippen molar-refractivity contribution in [3.05, 3.63) is 59.7 Å². The number of nitrogens with zero attached hydrogens (tertiary/aromatic N) is 2. The summed E-state index contributed by atoms with van der Waals surface area (Å²) in [7, 11) is 0. The minimum absolute atomic E-state index is 0.0666. The highest BCUT2D eigenvalue weighted by molar-refractivity contribution is 8.03. The minimum atomic E-state index is -0.397. The largest absolute Gasteiger partial charge is 0.369 e. The van der Waals surface area contributed by atoms with E-state index in [-0.39, 0.29) is 23.5 Å². The van der Waals surface area contributed by atoms with Gasteiger partial charge in [0.1, 0.15) is 0 Å². The number of thioether (sulfide) groups is 2. The Balaban J connectivity index is 1.40. The number of hydrogen-bond acceptors (Lipinski definition) is 7. The summed E-state index contributed by atoms with van der Waals surface area (Å²) < 4.78 is 1.36. The van der Waals surface area contributed by atoms with Crippen LogP contribution in [0.2, 0.25) is 0 Å². The zero-order chi connectivity index (χ0) is 19.5. The van der Waals surface area contributed by atoms with Gasteiger partial charge in [0.2, 0.25) is 11.8 Å². The molecule has 0 spiro atoms. The molecule has 0 aliphatic heterocycles. The van der Waals surface area contributed by atoms with Crippen LogP contribution in [0.3, 0.4) is 0 Å². The Bertz CT molecular complexity index is 992. The van der Waals surface area contributed by atoms with E-state index in [1.54, 1.807) is 0 Å². The third-order valence-corrected chi connectivity index (χ3v) is 7.40. The molecule has 142 valence electrons. The maximum absolute atomic E-state index is 12.6. The Labute approximate surface area is 174 Å². The van der Waals surface area contributed by atoms with Crippen LogP contribution in [0, 0.1) is 0 Å². The van der Waals surface area contributed by atoms with E-state index < -0.39 is 5.91 Å². The van der Waals surface area contributed by atoms with E-state index in [4.69, 9.17) is 5.73 Å². The standard InChI is InChI=1S/C19H16N4O2S3/c20-15(24)9-26-18-22-23-19(28-18)27-10-16(25)21-17-13-7-3-1-5-11(13)12-6-2-4-8-14(12)17/h1-8,17H,9-10H2,(H2,20,24)(H,21,25). The highest BCUT2D eigenvalue weighted by atomic mass is 32.2. The van der Waals surface area contributed by atoms with Gasteiger partial charge in [-0.15, -0.1) is 10.2 Å². The van der Waals surface area contributed by atoms with Crippen LogP contribution >= 0.6 is 34.9 Å². The van der Waals surface area contributed by atoms with Crippen molar-refractivity contribution in [2.45, 2.75) is 14.7 Å². The predicted molar refractivity (Wildman–Crippen MR) is 112 cm³/mol. The minimum Gasteiger partial charge on any atom is -0.369 e. The zero-order valence-electron chi connectivity index (χ0n) is 14.6. The van der Waals surface area contributed by atoms with Gasteiger partial charge in [0.05, 0.1) is 17.5 Å². The van der Waals surface area contributed by atoms with Crippen LogP contribution in [-0.4, -0.2) is 33.5 Å². The molecule has 0 saturated heterocycles. The lowest BCUT2D eigenvalue weighted by Gasteiger charge is -2.15. The van der Waals surface area contributed by atoms with E-state index in [2.05, 4.69) is 39.8 Å². The molecule has 1 aliphatic rings. The average Bonchev–Trinajstić information content (AvgIpc) is 3.28. The topological polar surface area (TPSA) is 98.0 Å². The lowest BCUT2D eigenvalue weighted by Crippen LogP contribution is -2.29. The molecular formula is C19H16N4O2S3. The zero-order valence-corrected chi connectivity index (χ0v) is 17.1. The Morgan fingerprint density at radius 3 is 2.04 bits per heavy atom. The highest BCUT2D eigenvalue weighted by Crippen LogP contribution is 2.43. The molecule has 0 unspecified atom stereocenters. The lowest BCUT2D eigenvalue weighted by molar-refractivity contribution is -0.119. The summed E-state index contributed by atoms with van der Waals surface area (Å²) in [4.78, 5) is 23.4. The Morgan fingerprint density at radius 1 is 0.929 bits per heavy atom. The summed E-state index contributed by atoms with van der Waals surface area (Å²) in [5.41, 5.74) is 9.68. The number of hydrogen-bond donors (Lipinski definition) is 2. The number of nitrogens with two attached hydrogens (primary N) is 1. The number of rotatable bonds is 7. The first kappa shape index (κ1) is 19.0. The summed E-state index contributed by atoms with van der Waals surface area (Å²) in [5.74, 6) is -0.0510. The molecule has 2 aromatic carbocycles. The summed E-state index contributed by atoms with van der Waals surface area (Å²) in [6, 6.07) is 16.1. The van der Waals surface area contributed by atoms with Crippen LogP contribution < -0.4 is 11.1 Å². The number of nitrogens with one attached hydrogen (secondary N) is 1. The SMILES string of the molecule is NC(=O)CSc1nnc(SCC(=O)NC2c3ccccc3-c3ccccc32)s1. The smallest absolute Gasteiger partial charge is 0.231 e. The van der Waals surface area contributed by atoms with Gasteiger partial charge in [-0.1, -0.05) is 83.4 Å². The second-order valence-electron chi connectivity index (χ2n) is 6.05. The number of benzene rings is 2. The van der Waals surface area contributed by atoms with Crippen molar-refractivity contribution in [3.8, 4) is 11.1 Å². The molecule has 0 atom stereocenters. The van der Waals surface area contributed by atoms with Crippen molar-refractivity contribution in [3.63, 3.8) is 0 Å². The van der Waals surface area contributed by atoms with Crippen LogP contribution in [0.4, 0.5) is 0 Å². The van der Waals surface area contributed by atoms with E-state index in [1.165, 1.54) is 34.9 Å². The Morgan fingerprint density at radius 2 is 1.46 bits per heavy atom. The van der Waals surface area contributed by atoms with Crippen molar-refractivity contribution in [1.29, 1.82) is 0 Å². The van der Waals surface area contributed by atoms with Crippen LogP contribution in [-0.2, 0) is 9.59 Å². The molecule has 0 fully saturated rings. The summed E-state index contributed by atoms with van der Waals surface area (Å²) in [6.45, 7) is 0. The predicted octanol–water partition coefficient (Wildman–Crippen LogP) is 3.09. The first-order chi connectivity index (χ1) is 13.6. The molecule has 2 amide bonds. The van der Waals surface area contributed by atoms with Gasteiger partial charge in [0.25, 0.3) is 0 Å². The quantitative estimate of drug-likeness (QED) is 0.561. The van der Waals surface area contributed by atoms with Gasteiger partial charge < -0.3 is 11.1 Å². The number of amides is 2. The van der Waals surface area contributed by atoms with Gasteiger partial charge in [-0.25, -0.2) is 0 Å². The number of fused-ring (bicyclic) bond motifs is 3. The molecule has 3 aromatic rings. The van der Waals surface area contributed by atoms with Gasteiger partial charge in [-0.2, -0.15) is 0 Å². The molecular weight excluding hydrogens is 412 g/mol. The molecule has 4 rings (SSSR count). The molecule has 3 N–H and O–H groups in total. The summed E-state index contributed by atoms with van der Waals surface area (Å²) in [6.07, 6.45) is 0. The fraction of sp³-hybridized carbons (Fsp3) is 0.158. The van der Waals surface area contributed by atoms with Crippen LogP contribution in [0.1, 0.15) is 17.2 Å². The molecule has 1 heterocycles. The molecule has 1 aromatic heterocycles. The Hall–Kier alpha value is -2.36. The van der Waals surface area contributed by atoms with Crippen LogP contribution in [0.25, 0.3) is 11.1 Å². The molecule has 9 heteroatoms. The lowest BCUT2D eigenvalue weighted by atomic mass is 10.1. The fourth-order valence-electron chi connectivity index (χ4n) is 3.09. The second kappa shape index (κ2) is 8.34. The van der Waals surface area contributed by atoms with Gasteiger partial charge in [-0.05, 0) is 22.3 Å². The number of primary amides is 1. The summed E-state index contributed by atoms with van der Waals surface area (Å²) in [5, 5.41) is 11.2. The first-order valence-electron chi connectivity index (χ1n) is 8.47. The summed E-state index contributed by atoms with van der Waals surface area (Å²) >= 11 is 3.94. The van der Waals surface area contributed by atoms with Gasteiger partial charge in [0.15, 0.2) is 8.68 Å². The molecule has 0 radical (unpaired) electrons. The number of carbonyl (C=O) groups is 2. The molecule has 6 nitrogen and oxygen atoms in total. The maximum atomic E-state index is 12.6. The van der Waals surface area contributed by atoms with Crippen molar-refractivity contribution < 1.29 is 9.59 Å². The van der Waals surface area contributed by atoms with Gasteiger partial charge >= 0.3 is 0 Å². The van der Waals surface area contributed by atoms with Crippen molar-refractivity contribution in [1.82, 2.24) is 15.5 Å². The normalized spacial score (nSPS) is 12.4. The van der Waals surface area contributed by atoms with Crippen molar-refractivity contribution in [2.75, 3.05) is 11.5 Å². The van der Waals surface area contributed by atoms with E-state index in [0.29, 0.717) is 8.68 Å². The molecule has 28 heavy (non-hydrogen) atoms. The third-order valence-electron chi connectivity index (χ3n) is 4.19.